The molecule has 0 saturated carbocycles. The van der Waals surface area contributed by atoms with Crippen molar-refractivity contribution < 1.29 is 23.9 Å². The van der Waals surface area contributed by atoms with Gasteiger partial charge in [0.1, 0.15) is 24.3 Å². The second kappa shape index (κ2) is 12.5. The standard InChI is InChI=1S/C33H32N4O5/c1-21(38)34-26-10-13-28(14-11-26)42-20-25-17-24(9-16-31(25)41-3)32-36-30-15-12-27(35-22(2)39)18-29(30)33(40)37(32)19-23-7-5-4-6-8-23/h4-18,32,36H,19-20H2,1-3H3,(H,34,38)(H,35,39). The van der Waals surface area contributed by atoms with Crippen LogP contribution in [0, 0.1) is 0 Å². The summed E-state index contributed by atoms with van der Waals surface area (Å²) in [7, 11) is 1.60. The Hall–Kier alpha value is -5.31. The summed E-state index contributed by atoms with van der Waals surface area (Å²) in [5.41, 5.74) is 5.05. The van der Waals surface area contributed by atoms with Gasteiger partial charge >= 0.3 is 0 Å². The van der Waals surface area contributed by atoms with Crippen LogP contribution >= 0.6 is 0 Å². The maximum Gasteiger partial charge on any atom is 0.258 e. The van der Waals surface area contributed by atoms with Crippen LogP contribution < -0.4 is 25.4 Å². The van der Waals surface area contributed by atoms with Gasteiger partial charge < -0.3 is 30.3 Å². The molecule has 0 spiro atoms. The molecule has 3 amide bonds. The average molecular weight is 565 g/mol. The van der Waals surface area contributed by atoms with E-state index < -0.39 is 6.17 Å². The second-order valence-corrected chi connectivity index (χ2v) is 9.97. The monoisotopic (exact) mass is 564 g/mol. The third-order valence-corrected chi connectivity index (χ3v) is 6.82. The van der Waals surface area contributed by atoms with Crippen molar-refractivity contribution in [2.45, 2.75) is 33.2 Å². The van der Waals surface area contributed by atoms with E-state index in [1.165, 1.54) is 13.8 Å². The molecule has 1 atom stereocenters. The highest BCUT2D eigenvalue weighted by Crippen LogP contribution is 2.37. The molecule has 3 N–H and O–H groups in total. The molecule has 9 heteroatoms. The van der Waals surface area contributed by atoms with Gasteiger partial charge in [0.15, 0.2) is 0 Å². The zero-order chi connectivity index (χ0) is 29.6. The predicted molar refractivity (Wildman–Crippen MR) is 161 cm³/mol. The van der Waals surface area contributed by atoms with E-state index in [-0.39, 0.29) is 24.3 Å². The first-order valence-electron chi connectivity index (χ1n) is 13.5. The topological polar surface area (TPSA) is 109 Å². The van der Waals surface area contributed by atoms with Crippen LogP contribution in [-0.2, 0) is 22.7 Å². The van der Waals surface area contributed by atoms with E-state index in [9.17, 15) is 14.4 Å². The van der Waals surface area contributed by atoms with Crippen molar-refractivity contribution >= 4 is 34.8 Å². The lowest BCUT2D eigenvalue weighted by atomic mass is 10.00. The Bertz CT molecular complexity index is 1610. The normalized spacial score (nSPS) is 13.9. The van der Waals surface area contributed by atoms with Crippen LogP contribution in [0.2, 0.25) is 0 Å². The SMILES string of the molecule is COc1ccc(C2Nc3ccc(NC(C)=O)cc3C(=O)N2Cc2ccccc2)cc1COc1ccc(NC(C)=O)cc1. The molecular formula is C33H32N4O5. The summed E-state index contributed by atoms with van der Waals surface area (Å²) in [6.45, 7) is 3.50. The van der Waals surface area contributed by atoms with Crippen LogP contribution in [0.15, 0.2) is 91.0 Å². The highest BCUT2D eigenvalue weighted by molar-refractivity contribution is 6.03. The smallest absolute Gasteiger partial charge is 0.258 e. The summed E-state index contributed by atoms with van der Waals surface area (Å²) in [5, 5.41) is 9.03. The number of anilines is 3. The number of nitrogens with zero attached hydrogens (tertiary/aromatic N) is 1. The quantitative estimate of drug-likeness (QED) is 0.232. The molecule has 42 heavy (non-hydrogen) atoms. The number of hydrogen-bond acceptors (Lipinski definition) is 6. The van der Waals surface area contributed by atoms with E-state index in [1.54, 1.807) is 48.4 Å². The zero-order valence-electron chi connectivity index (χ0n) is 23.6. The number of carbonyl (C=O) groups excluding carboxylic acids is 3. The molecule has 0 aliphatic carbocycles. The highest BCUT2D eigenvalue weighted by atomic mass is 16.5. The Labute approximate surface area is 244 Å². The minimum Gasteiger partial charge on any atom is -0.496 e. The molecule has 214 valence electrons. The maximum absolute atomic E-state index is 14.0. The van der Waals surface area contributed by atoms with Crippen molar-refractivity contribution in [1.82, 2.24) is 4.90 Å². The fourth-order valence-corrected chi connectivity index (χ4v) is 4.91. The molecule has 0 fully saturated rings. The van der Waals surface area contributed by atoms with Gasteiger partial charge in [0, 0.05) is 43.0 Å². The van der Waals surface area contributed by atoms with E-state index >= 15 is 0 Å². The first-order chi connectivity index (χ1) is 20.3. The molecule has 4 aromatic rings. The zero-order valence-corrected chi connectivity index (χ0v) is 23.6. The summed E-state index contributed by atoms with van der Waals surface area (Å²) < 4.78 is 11.7. The van der Waals surface area contributed by atoms with Crippen LogP contribution in [0.4, 0.5) is 17.1 Å². The minimum absolute atomic E-state index is 0.142. The van der Waals surface area contributed by atoms with Crippen molar-refractivity contribution in [1.29, 1.82) is 0 Å². The lowest BCUT2D eigenvalue weighted by Crippen LogP contribution is -2.42. The highest BCUT2D eigenvalue weighted by Gasteiger charge is 2.33. The number of nitrogens with one attached hydrogen (secondary N) is 3. The molecule has 1 aliphatic heterocycles. The van der Waals surface area contributed by atoms with Gasteiger partial charge in [0.05, 0.1) is 12.7 Å². The van der Waals surface area contributed by atoms with Crippen molar-refractivity contribution in [2.75, 3.05) is 23.1 Å². The molecule has 1 heterocycles. The Morgan fingerprint density at radius 2 is 1.55 bits per heavy atom. The number of benzene rings is 4. The van der Waals surface area contributed by atoms with Gasteiger partial charge in [-0.05, 0) is 65.7 Å². The lowest BCUT2D eigenvalue weighted by Gasteiger charge is -2.38. The number of methoxy groups -OCH3 is 1. The molecule has 0 aromatic heterocycles. The summed E-state index contributed by atoms with van der Waals surface area (Å²) in [6, 6.07) is 28.0. The molecule has 9 nitrogen and oxygen atoms in total. The Kier molecular flexibility index (Phi) is 8.38. The van der Waals surface area contributed by atoms with Gasteiger partial charge in [-0.1, -0.05) is 36.4 Å². The Morgan fingerprint density at radius 3 is 2.24 bits per heavy atom. The summed E-state index contributed by atoms with van der Waals surface area (Å²) >= 11 is 0. The van der Waals surface area contributed by atoms with Crippen molar-refractivity contribution in [3.8, 4) is 11.5 Å². The van der Waals surface area contributed by atoms with E-state index in [1.807, 2.05) is 54.6 Å². The number of fused-ring (bicyclic) bond motifs is 1. The summed E-state index contributed by atoms with van der Waals surface area (Å²) in [6.07, 6.45) is -0.474. The number of ether oxygens (including phenoxy) is 2. The van der Waals surface area contributed by atoms with E-state index in [0.29, 0.717) is 40.7 Å². The molecule has 5 rings (SSSR count). The predicted octanol–water partition coefficient (Wildman–Crippen LogP) is 5.96. The maximum atomic E-state index is 14.0. The summed E-state index contributed by atoms with van der Waals surface area (Å²) in [5.74, 6) is 0.791. The van der Waals surface area contributed by atoms with Crippen LogP contribution in [0.25, 0.3) is 0 Å². The van der Waals surface area contributed by atoms with Crippen LogP contribution in [0.3, 0.4) is 0 Å². The number of carbonyl (C=O) groups is 3. The first-order valence-corrected chi connectivity index (χ1v) is 13.5. The molecular weight excluding hydrogens is 532 g/mol. The molecule has 0 bridgehead atoms. The van der Waals surface area contributed by atoms with Crippen LogP contribution in [-0.4, -0.2) is 29.7 Å². The average Bonchev–Trinajstić information content (AvgIpc) is 2.98. The van der Waals surface area contributed by atoms with Gasteiger partial charge in [-0.25, -0.2) is 0 Å². The summed E-state index contributed by atoms with van der Waals surface area (Å²) in [4.78, 5) is 38.7. The van der Waals surface area contributed by atoms with E-state index in [4.69, 9.17) is 9.47 Å². The van der Waals surface area contributed by atoms with Crippen molar-refractivity contribution in [3.63, 3.8) is 0 Å². The Morgan fingerprint density at radius 1 is 0.857 bits per heavy atom. The largest absolute Gasteiger partial charge is 0.496 e. The molecule has 4 aromatic carbocycles. The minimum atomic E-state index is -0.474. The third kappa shape index (κ3) is 6.52. The molecule has 0 saturated heterocycles. The second-order valence-electron chi connectivity index (χ2n) is 9.97. The van der Waals surface area contributed by atoms with Crippen LogP contribution in [0.1, 0.15) is 47.1 Å². The van der Waals surface area contributed by atoms with Crippen LogP contribution in [0.5, 0.6) is 11.5 Å². The van der Waals surface area contributed by atoms with E-state index in [0.717, 1.165) is 16.7 Å². The number of hydrogen-bond donors (Lipinski definition) is 3. The van der Waals surface area contributed by atoms with Gasteiger partial charge in [-0.2, -0.15) is 0 Å². The van der Waals surface area contributed by atoms with Gasteiger partial charge in [0.2, 0.25) is 11.8 Å². The molecule has 0 radical (unpaired) electrons. The van der Waals surface area contributed by atoms with Gasteiger partial charge in [-0.3, -0.25) is 14.4 Å². The lowest BCUT2D eigenvalue weighted by molar-refractivity contribution is -0.115. The van der Waals surface area contributed by atoms with Crippen molar-refractivity contribution in [2.24, 2.45) is 0 Å². The Balaban J connectivity index is 1.45. The van der Waals surface area contributed by atoms with Gasteiger partial charge in [0.25, 0.3) is 5.91 Å². The molecule has 1 unspecified atom stereocenters. The third-order valence-electron chi connectivity index (χ3n) is 6.82. The fourth-order valence-electron chi connectivity index (χ4n) is 4.91. The number of rotatable bonds is 9. The fraction of sp³-hybridized carbons (Fsp3) is 0.182. The van der Waals surface area contributed by atoms with Gasteiger partial charge in [-0.15, -0.1) is 0 Å². The number of amides is 3. The molecule has 1 aliphatic rings. The van der Waals surface area contributed by atoms with Crippen molar-refractivity contribution in [3.05, 3.63) is 113 Å². The first kappa shape index (κ1) is 28.2. The van der Waals surface area contributed by atoms with E-state index in [2.05, 4.69) is 16.0 Å².